The van der Waals surface area contributed by atoms with Crippen LogP contribution in [0.25, 0.3) is 0 Å². The molecule has 0 saturated carbocycles. The van der Waals surface area contributed by atoms with Crippen molar-refractivity contribution < 1.29 is 14.3 Å². The third-order valence-corrected chi connectivity index (χ3v) is 4.70. The Kier molecular flexibility index (Phi) is 5.76. The standard InChI is InChI=1S/C20H30N2O3/c1-14-12-16(18(25-6)17(13-14)20(3,4)5)19(24)22-9-7-8-21(10-11-22)15(2)23/h12-13H,7-11H2,1-6H3. The van der Waals surface area contributed by atoms with Gasteiger partial charge in [-0.15, -0.1) is 0 Å². The van der Waals surface area contributed by atoms with Crippen LogP contribution in [0.1, 0.15) is 55.6 Å². The molecule has 2 amide bonds. The Bertz CT molecular complexity index is 662. The van der Waals surface area contributed by atoms with E-state index in [1.165, 1.54) is 0 Å². The van der Waals surface area contributed by atoms with Crippen molar-refractivity contribution in [1.29, 1.82) is 0 Å². The van der Waals surface area contributed by atoms with Crippen molar-refractivity contribution in [2.75, 3.05) is 33.3 Å². The predicted octanol–water partition coefficient (Wildman–Crippen LogP) is 3.00. The number of aryl methyl sites for hydroxylation is 1. The van der Waals surface area contributed by atoms with Crippen LogP contribution in [-0.4, -0.2) is 54.9 Å². The fourth-order valence-corrected chi connectivity index (χ4v) is 3.31. The maximum atomic E-state index is 13.2. The summed E-state index contributed by atoms with van der Waals surface area (Å²) in [4.78, 5) is 28.4. The number of hydrogen-bond acceptors (Lipinski definition) is 3. The zero-order valence-corrected chi connectivity index (χ0v) is 16.3. The van der Waals surface area contributed by atoms with Crippen LogP contribution >= 0.6 is 0 Å². The predicted molar refractivity (Wildman–Crippen MR) is 99.2 cm³/mol. The first-order valence-electron chi connectivity index (χ1n) is 8.89. The molecule has 138 valence electrons. The molecule has 5 heteroatoms. The van der Waals surface area contributed by atoms with E-state index in [0.717, 1.165) is 17.5 Å². The topological polar surface area (TPSA) is 49.9 Å². The molecule has 0 N–H and O–H groups in total. The third-order valence-electron chi connectivity index (χ3n) is 4.70. The van der Waals surface area contributed by atoms with Crippen molar-refractivity contribution in [2.45, 2.75) is 46.5 Å². The van der Waals surface area contributed by atoms with Crippen molar-refractivity contribution in [3.8, 4) is 5.75 Å². The fourth-order valence-electron chi connectivity index (χ4n) is 3.31. The van der Waals surface area contributed by atoms with E-state index in [9.17, 15) is 9.59 Å². The lowest BCUT2D eigenvalue weighted by molar-refractivity contribution is -0.128. The highest BCUT2D eigenvalue weighted by molar-refractivity contribution is 5.98. The molecule has 1 aromatic rings. The summed E-state index contributed by atoms with van der Waals surface area (Å²) < 4.78 is 5.65. The van der Waals surface area contributed by atoms with E-state index >= 15 is 0 Å². The Balaban J connectivity index is 2.36. The lowest BCUT2D eigenvalue weighted by atomic mass is 9.84. The fraction of sp³-hybridized carbons (Fsp3) is 0.600. The summed E-state index contributed by atoms with van der Waals surface area (Å²) in [6.07, 6.45) is 0.797. The number of ether oxygens (including phenoxy) is 1. The number of methoxy groups -OCH3 is 1. The van der Waals surface area contributed by atoms with E-state index in [-0.39, 0.29) is 17.2 Å². The van der Waals surface area contributed by atoms with Crippen LogP contribution in [0.3, 0.4) is 0 Å². The van der Waals surface area contributed by atoms with Gasteiger partial charge in [-0.05, 0) is 30.4 Å². The van der Waals surface area contributed by atoms with E-state index in [0.29, 0.717) is 37.5 Å². The maximum Gasteiger partial charge on any atom is 0.257 e. The summed E-state index contributed by atoms with van der Waals surface area (Å²) in [5, 5.41) is 0. The molecule has 1 aliphatic rings. The Morgan fingerprint density at radius 2 is 1.64 bits per heavy atom. The molecular formula is C20H30N2O3. The number of amides is 2. The van der Waals surface area contributed by atoms with E-state index in [2.05, 4.69) is 26.8 Å². The van der Waals surface area contributed by atoms with Crippen LogP contribution in [0.4, 0.5) is 0 Å². The van der Waals surface area contributed by atoms with Crippen molar-refractivity contribution in [2.24, 2.45) is 0 Å². The average molecular weight is 346 g/mol. The van der Waals surface area contributed by atoms with Gasteiger partial charge in [-0.2, -0.15) is 0 Å². The van der Waals surface area contributed by atoms with Crippen LogP contribution in [-0.2, 0) is 10.2 Å². The Morgan fingerprint density at radius 3 is 2.20 bits per heavy atom. The van der Waals surface area contributed by atoms with Gasteiger partial charge in [-0.25, -0.2) is 0 Å². The molecule has 0 aromatic heterocycles. The zero-order valence-electron chi connectivity index (χ0n) is 16.3. The average Bonchev–Trinajstić information content (AvgIpc) is 2.78. The molecule has 1 aliphatic heterocycles. The van der Waals surface area contributed by atoms with E-state index in [1.807, 2.05) is 17.9 Å². The summed E-state index contributed by atoms with van der Waals surface area (Å²) in [5.74, 6) is 0.713. The normalized spacial score (nSPS) is 15.8. The van der Waals surface area contributed by atoms with Gasteiger partial charge < -0.3 is 14.5 Å². The molecule has 0 unspecified atom stereocenters. The minimum absolute atomic E-state index is 0.0172. The monoisotopic (exact) mass is 346 g/mol. The number of carbonyl (C=O) groups excluding carboxylic acids is 2. The maximum absolute atomic E-state index is 13.2. The molecule has 1 fully saturated rings. The Labute approximate surface area is 150 Å². The van der Waals surface area contributed by atoms with E-state index in [1.54, 1.807) is 18.9 Å². The van der Waals surface area contributed by atoms with Gasteiger partial charge in [0.25, 0.3) is 5.91 Å². The molecule has 1 heterocycles. The molecule has 2 rings (SSSR count). The van der Waals surface area contributed by atoms with Gasteiger partial charge in [0.1, 0.15) is 5.75 Å². The van der Waals surface area contributed by atoms with Crippen molar-refractivity contribution in [3.05, 3.63) is 28.8 Å². The number of nitrogens with zero attached hydrogens (tertiary/aromatic N) is 2. The highest BCUT2D eigenvalue weighted by Gasteiger charge is 2.28. The first-order valence-corrected chi connectivity index (χ1v) is 8.89. The van der Waals surface area contributed by atoms with Gasteiger partial charge in [0.2, 0.25) is 5.91 Å². The summed E-state index contributed by atoms with van der Waals surface area (Å²) >= 11 is 0. The smallest absolute Gasteiger partial charge is 0.257 e. The number of carbonyl (C=O) groups is 2. The second-order valence-corrected chi connectivity index (χ2v) is 7.80. The van der Waals surface area contributed by atoms with Crippen LogP contribution in [0.2, 0.25) is 0 Å². The molecule has 1 saturated heterocycles. The molecule has 5 nitrogen and oxygen atoms in total. The Morgan fingerprint density at radius 1 is 1.04 bits per heavy atom. The minimum atomic E-state index is -0.114. The lowest BCUT2D eigenvalue weighted by Gasteiger charge is -2.27. The van der Waals surface area contributed by atoms with Gasteiger partial charge >= 0.3 is 0 Å². The van der Waals surface area contributed by atoms with Gasteiger partial charge in [0.05, 0.1) is 12.7 Å². The van der Waals surface area contributed by atoms with Crippen LogP contribution in [0, 0.1) is 6.92 Å². The number of hydrogen-bond donors (Lipinski definition) is 0. The Hall–Kier alpha value is -2.04. The summed E-state index contributed by atoms with van der Waals surface area (Å²) in [6, 6.07) is 4.00. The third kappa shape index (κ3) is 4.33. The second kappa shape index (κ2) is 7.46. The largest absolute Gasteiger partial charge is 0.496 e. The summed E-state index contributed by atoms with van der Waals surface area (Å²) in [6.45, 7) is 12.4. The van der Waals surface area contributed by atoms with Gasteiger partial charge in [0.15, 0.2) is 0 Å². The molecule has 0 atom stereocenters. The van der Waals surface area contributed by atoms with Gasteiger partial charge in [0, 0.05) is 38.7 Å². The highest BCUT2D eigenvalue weighted by atomic mass is 16.5. The van der Waals surface area contributed by atoms with Crippen molar-refractivity contribution >= 4 is 11.8 Å². The number of benzene rings is 1. The van der Waals surface area contributed by atoms with E-state index < -0.39 is 0 Å². The SMILES string of the molecule is COc1c(C(=O)N2CCCN(C(C)=O)CC2)cc(C)cc1C(C)(C)C. The van der Waals surface area contributed by atoms with Crippen LogP contribution in [0.5, 0.6) is 5.75 Å². The molecule has 25 heavy (non-hydrogen) atoms. The first kappa shape index (κ1) is 19.3. The molecule has 0 aliphatic carbocycles. The second-order valence-electron chi connectivity index (χ2n) is 7.80. The number of rotatable bonds is 2. The summed E-state index contributed by atoms with van der Waals surface area (Å²) in [7, 11) is 1.62. The molecule has 0 spiro atoms. The molecule has 0 bridgehead atoms. The molecule has 0 radical (unpaired) electrons. The highest BCUT2D eigenvalue weighted by Crippen LogP contribution is 2.35. The first-order chi connectivity index (χ1) is 11.6. The van der Waals surface area contributed by atoms with E-state index in [4.69, 9.17) is 4.74 Å². The lowest BCUT2D eigenvalue weighted by Crippen LogP contribution is -2.36. The van der Waals surface area contributed by atoms with Crippen LogP contribution in [0.15, 0.2) is 12.1 Å². The zero-order chi connectivity index (χ0) is 18.8. The van der Waals surface area contributed by atoms with Crippen molar-refractivity contribution in [1.82, 2.24) is 9.80 Å². The molecular weight excluding hydrogens is 316 g/mol. The minimum Gasteiger partial charge on any atom is -0.496 e. The van der Waals surface area contributed by atoms with Crippen molar-refractivity contribution in [3.63, 3.8) is 0 Å². The summed E-state index contributed by atoms with van der Waals surface area (Å²) in [5.41, 5.74) is 2.59. The van der Waals surface area contributed by atoms with Crippen LogP contribution < -0.4 is 4.74 Å². The quantitative estimate of drug-likeness (QED) is 0.827. The van der Waals surface area contributed by atoms with Gasteiger partial charge in [-0.1, -0.05) is 26.8 Å². The van der Waals surface area contributed by atoms with Gasteiger partial charge in [-0.3, -0.25) is 9.59 Å². The molecule has 1 aromatic carbocycles.